The van der Waals surface area contributed by atoms with Gasteiger partial charge in [0.15, 0.2) is 5.96 Å². The molecule has 164 valence electrons. The third-order valence-electron chi connectivity index (χ3n) is 5.22. The first-order valence-electron chi connectivity index (χ1n) is 10.00. The van der Waals surface area contributed by atoms with Crippen LogP contribution >= 0.6 is 0 Å². The Kier molecular flexibility index (Phi) is 6.96. The van der Waals surface area contributed by atoms with Crippen molar-refractivity contribution in [2.75, 3.05) is 39.8 Å². The first-order chi connectivity index (χ1) is 14.3. The summed E-state index contributed by atoms with van der Waals surface area (Å²) in [6.07, 6.45) is -2.22. The minimum Gasteiger partial charge on any atom is -0.356 e. The first-order valence-corrected chi connectivity index (χ1v) is 10.00. The maximum Gasteiger partial charge on any atom is 0.401 e. The Morgan fingerprint density at radius 1 is 1.17 bits per heavy atom. The van der Waals surface area contributed by atoms with E-state index in [0.717, 1.165) is 0 Å². The topological polar surface area (TPSA) is 77.0 Å². The Bertz CT molecular complexity index is 777. The van der Waals surface area contributed by atoms with E-state index in [2.05, 4.69) is 15.6 Å². The predicted molar refractivity (Wildman–Crippen MR) is 106 cm³/mol. The summed E-state index contributed by atoms with van der Waals surface area (Å²) < 4.78 is 37.5. The first kappa shape index (κ1) is 22.1. The largest absolute Gasteiger partial charge is 0.401 e. The van der Waals surface area contributed by atoms with Gasteiger partial charge in [-0.3, -0.25) is 24.4 Å². The smallest absolute Gasteiger partial charge is 0.356 e. The van der Waals surface area contributed by atoms with Crippen molar-refractivity contribution in [1.29, 1.82) is 0 Å². The number of guanidine groups is 1. The Morgan fingerprint density at radius 3 is 2.43 bits per heavy atom. The van der Waals surface area contributed by atoms with E-state index < -0.39 is 12.7 Å². The highest BCUT2D eigenvalue weighted by molar-refractivity contribution is 6.21. The van der Waals surface area contributed by atoms with Gasteiger partial charge >= 0.3 is 6.18 Å². The molecule has 2 amide bonds. The van der Waals surface area contributed by atoms with Crippen molar-refractivity contribution >= 4 is 17.8 Å². The lowest BCUT2D eigenvalue weighted by atomic mass is 10.1. The molecule has 0 spiro atoms. The van der Waals surface area contributed by atoms with E-state index >= 15 is 0 Å². The number of rotatable bonds is 7. The molecule has 0 saturated carbocycles. The normalized spacial score (nSPS) is 20.1. The molecule has 0 aromatic heterocycles. The molecule has 2 N–H and O–H groups in total. The number of likely N-dealkylation sites (tertiary alicyclic amines) is 1. The molecule has 0 bridgehead atoms. The van der Waals surface area contributed by atoms with Gasteiger partial charge in [0, 0.05) is 39.3 Å². The molecule has 1 saturated heterocycles. The fraction of sp³-hybridized carbons (Fsp3) is 0.550. The van der Waals surface area contributed by atoms with E-state index in [0.29, 0.717) is 62.5 Å². The number of carbonyl (C=O) groups excluding carboxylic acids is 2. The summed E-state index contributed by atoms with van der Waals surface area (Å²) in [5, 5.41) is 6.28. The molecule has 2 aliphatic heterocycles. The highest BCUT2D eigenvalue weighted by Crippen LogP contribution is 2.22. The molecule has 1 unspecified atom stereocenters. The summed E-state index contributed by atoms with van der Waals surface area (Å²) in [5.41, 5.74) is 0.891. The zero-order valence-electron chi connectivity index (χ0n) is 16.8. The van der Waals surface area contributed by atoms with Gasteiger partial charge < -0.3 is 10.6 Å². The van der Waals surface area contributed by atoms with Crippen LogP contribution in [0.5, 0.6) is 0 Å². The number of hydrogen-bond donors (Lipinski definition) is 2. The third kappa shape index (κ3) is 5.50. The number of halogens is 3. The van der Waals surface area contributed by atoms with Crippen LogP contribution in [-0.2, 0) is 0 Å². The molecule has 10 heteroatoms. The highest BCUT2D eigenvalue weighted by Gasteiger charge is 2.35. The minimum atomic E-state index is -4.19. The van der Waals surface area contributed by atoms with Gasteiger partial charge in [-0.25, -0.2) is 0 Å². The van der Waals surface area contributed by atoms with Crippen LogP contribution in [0.1, 0.15) is 40.0 Å². The van der Waals surface area contributed by atoms with Crippen LogP contribution in [-0.4, -0.2) is 79.6 Å². The molecule has 1 aromatic carbocycles. The second-order valence-electron chi connectivity index (χ2n) is 7.49. The predicted octanol–water partition coefficient (Wildman–Crippen LogP) is 1.86. The lowest BCUT2D eigenvalue weighted by Gasteiger charge is -2.20. The number of imide groups is 1. The highest BCUT2D eigenvalue weighted by atomic mass is 19.4. The zero-order valence-corrected chi connectivity index (χ0v) is 16.8. The Labute approximate surface area is 173 Å². The van der Waals surface area contributed by atoms with Crippen LogP contribution in [0.3, 0.4) is 0 Å². The minimum absolute atomic E-state index is 0.0862. The lowest BCUT2D eigenvalue weighted by Crippen LogP contribution is -2.45. The van der Waals surface area contributed by atoms with Gasteiger partial charge in [-0.1, -0.05) is 12.1 Å². The van der Waals surface area contributed by atoms with Crippen LogP contribution in [0.15, 0.2) is 29.3 Å². The molecular weight excluding hydrogens is 399 g/mol. The number of amides is 2. The lowest BCUT2D eigenvalue weighted by molar-refractivity contribution is -0.143. The van der Waals surface area contributed by atoms with Gasteiger partial charge in [-0.15, -0.1) is 0 Å². The molecule has 7 nitrogen and oxygen atoms in total. The molecule has 1 fully saturated rings. The number of benzene rings is 1. The quantitative estimate of drug-likeness (QED) is 0.302. The van der Waals surface area contributed by atoms with E-state index in [1.807, 2.05) is 0 Å². The van der Waals surface area contributed by atoms with Gasteiger partial charge in [0.05, 0.1) is 17.7 Å². The van der Waals surface area contributed by atoms with E-state index in [-0.39, 0.29) is 17.9 Å². The third-order valence-corrected chi connectivity index (χ3v) is 5.22. The molecule has 0 aliphatic carbocycles. The second kappa shape index (κ2) is 9.46. The van der Waals surface area contributed by atoms with Gasteiger partial charge in [0.25, 0.3) is 11.8 Å². The summed E-state index contributed by atoms with van der Waals surface area (Å²) in [7, 11) is 1.61. The molecule has 1 atom stereocenters. The van der Waals surface area contributed by atoms with Crippen molar-refractivity contribution in [3.63, 3.8) is 0 Å². The van der Waals surface area contributed by atoms with Crippen LogP contribution in [0.2, 0.25) is 0 Å². The number of nitrogens with one attached hydrogen (secondary N) is 2. The molecule has 30 heavy (non-hydrogen) atoms. The van der Waals surface area contributed by atoms with Gasteiger partial charge in [-0.05, 0) is 31.4 Å². The van der Waals surface area contributed by atoms with Crippen molar-refractivity contribution in [3.05, 3.63) is 35.4 Å². The Balaban J connectivity index is 1.35. The average Bonchev–Trinajstić information content (AvgIpc) is 3.22. The van der Waals surface area contributed by atoms with Crippen LogP contribution in [0.4, 0.5) is 13.2 Å². The van der Waals surface area contributed by atoms with E-state index in [9.17, 15) is 22.8 Å². The maximum atomic E-state index is 12.5. The summed E-state index contributed by atoms with van der Waals surface area (Å²) >= 11 is 0. The zero-order chi connectivity index (χ0) is 21.7. The van der Waals surface area contributed by atoms with E-state index in [1.54, 1.807) is 31.3 Å². The molecular formula is C20H26F3N5O2. The number of fused-ring (bicyclic) bond motifs is 1. The fourth-order valence-corrected chi connectivity index (χ4v) is 3.78. The molecule has 0 radical (unpaired) electrons. The molecule has 2 aliphatic rings. The number of nitrogens with zero attached hydrogens (tertiary/aromatic N) is 3. The van der Waals surface area contributed by atoms with Crippen molar-refractivity contribution in [1.82, 2.24) is 20.4 Å². The molecule has 1 aromatic rings. The van der Waals surface area contributed by atoms with Gasteiger partial charge in [0.2, 0.25) is 0 Å². The summed E-state index contributed by atoms with van der Waals surface area (Å²) in [6, 6.07) is 6.71. The fourth-order valence-electron chi connectivity index (χ4n) is 3.78. The Hall–Kier alpha value is -2.62. The van der Waals surface area contributed by atoms with Crippen LogP contribution in [0, 0.1) is 0 Å². The SMILES string of the molecule is CN=C(NCCCCN1C(=O)c2ccccc2C1=O)NC1CCN(CC(F)(F)F)C1. The monoisotopic (exact) mass is 425 g/mol. The van der Waals surface area contributed by atoms with Crippen LogP contribution in [0.25, 0.3) is 0 Å². The van der Waals surface area contributed by atoms with Crippen molar-refractivity contribution in [2.24, 2.45) is 4.99 Å². The molecule has 3 rings (SSSR count). The van der Waals surface area contributed by atoms with Gasteiger partial charge in [-0.2, -0.15) is 13.2 Å². The van der Waals surface area contributed by atoms with Crippen molar-refractivity contribution < 1.29 is 22.8 Å². The number of aliphatic imine (C=N–C) groups is 1. The van der Waals surface area contributed by atoms with E-state index in [4.69, 9.17) is 0 Å². The summed E-state index contributed by atoms with van der Waals surface area (Å²) in [6.45, 7) is 0.736. The average molecular weight is 425 g/mol. The number of carbonyl (C=O) groups is 2. The van der Waals surface area contributed by atoms with E-state index in [1.165, 1.54) is 9.80 Å². The second-order valence-corrected chi connectivity index (χ2v) is 7.49. The number of hydrogen-bond acceptors (Lipinski definition) is 4. The maximum absolute atomic E-state index is 12.5. The van der Waals surface area contributed by atoms with Crippen molar-refractivity contribution in [2.45, 2.75) is 31.5 Å². The Morgan fingerprint density at radius 2 is 1.83 bits per heavy atom. The number of unbranched alkanes of at least 4 members (excludes halogenated alkanes) is 1. The van der Waals surface area contributed by atoms with Crippen LogP contribution < -0.4 is 10.6 Å². The number of alkyl halides is 3. The van der Waals surface area contributed by atoms with Gasteiger partial charge in [0.1, 0.15) is 0 Å². The standard InChI is InChI=1S/C20H26F3N5O2/c1-24-19(26-14-8-11-27(12-14)13-20(21,22)23)25-9-4-5-10-28-17(29)15-6-2-3-7-16(15)18(28)30/h2-3,6-7,14H,4-5,8-13H2,1H3,(H2,24,25,26). The van der Waals surface area contributed by atoms with Crippen molar-refractivity contribution in [3.8, 4) is 0 Å². The molecule has 2 heterocycles. The summed E-state index contributed by atoms with van der Waals surface area (Å²) in [5.74, 6) is 0.0194. The summed E-state index contributed by atoms with van der Waals surface area (Å²) in [4.78, 5) is 31.4.